The fraction of sp³-hybridized carbons (Fsp3) is 0.953. The molecule has 0 saturated carbocycles. The van der Waals surface area contributed by atoms with Crippen LogP contribution in [0.25, 0.3) is 0 Å². The summed E-state index contributed by atoms with van der Waals surface area (Å²) in [4.78, 5) is 73.2. The van der Waals surface area contributed by atoms with Crippen LogP contribution >= 0.6 is 15.6 Å². The van der Waals surface area contributed by atoms with Crippen LogP contribution in [0.2, 0.25) is 0 Å². The summed E-state index contributed by atoms with van der Waals surface area (Å²) in [7, 11) is -9.93. The van der Waals surface area contributed by atoms with E-state index in [9.17, 15) is 43.2 Å². The average molecular weight is 1520 g/mol. The first kappa shape index (κ1) is 102. The van der Waals surface area contributed by atoms with Gasteiger partial charge in [-0.1, -0.05) is 389 Å². The highest BCUT2D eigenvalue weighted by Crippen LogP contribution is 2.45. The molecule has 0 aromatic carbocycles. The molecule has 0 radical (unpaired) electrons. The van der Waals surface area contributed by atoms with Gasteiger partial charge in [0.1, 0.15) is 19.3 Å². The molecular formula is C85H166O17P2. The number of aliphatic hydroxyl groups excluding tert-OH is 1. The van der Waals surface area contributed by atoms with Crippen molar-refractivity contribution in [1.82, 2.24) is 0 Å². The Morgan fingerprint density at radius 1 is 0.269 bits per heavy atom. The maximum atomic E-state index is 13.1. The molecule has 0 spiro atoms. The van der Waals surface area contributed by atoms with E-state index in [0.29, 0.717) is 25.7 Å². The third-order valence-electron chi connectivity index (χ3n) is 20.9. The zero-order chi connectivity index (χ0) is 76.7. The van der Waals surface area contributed by atoms with Crippen LogP contribution < -0.4 is 0 Å². The van der Waals surface area contributed by atoms with Gasteiger partial charge >= 0.3 is 39.5 Å². The number of unbranched alkanes of at least 4 members (excludes halogenated alkanes) is 45. The van der Waals surface area contributed by atoms with E-state index in [0.717, 1.165) is 114 Å². The lowest BCUT2D eigenvalue weighted by Crippen LogP contribution is -2.30. The van der Waals surface area contributed by atoms with Gasteiger partial charge in [0, 0.05) is 25.7 Å². The molecule has 5 unspecified atom stereocenters. The van der Waals surface area contributed by atoms with E-state index in [1.807, 2.05) is 0 Å². The molecule has 17 nitrogen and oxygen atoms in total. The Morgan fingerprint density at radius 3 is 0.683 bits per heavy atom. The van der Waals surface area contributed by atoms with Gasteiger partial charge in [-0.2, -0.15) is 0 Å². The molecule has 0 heterocycles. The Labute approximate surface area is 638 Å². The minimum Gasteiger partial charge on any atom is -0.462 e. The number of esters is 4. The van der Waals surface area contributed by atoms with Crippen molar-refractivity contribution in [2.45, 2.75) is 459 Å². The van der Waals surface area contributed by atoms with E-state index in [1.165, 1.54) is 244 Å². The Hall–Kier alpha value is -1.94. The first-order chi connectivity index (χ1) is 50.2. The summed E-state index contributed by atoms with van der Waals surface area (Å²) in [5, 5.41) is 10.7. The maximum absolute atomic E-state index is 13.1. The van der Waals surface area contributed by atoms with Crippen molar-refractivity contribution in [2.24, 2.45) is 23.7 Å². The highest BCUT2D eigenvalue weighted by molar-refractivity contribution is 7.47. The van der Waals surface area contributed by atoms with Crippen molar-refractivity contribution in [1.29, 1.82) is 0 Å². The second-order valence-electron chi connectivity index (χ2n) is 31.8. The fourth-order valence-electron chi connectivity index (χ4n) is 13.0. The molecule has 0 bridgehead atoms. The molecule has 0 aromatic heterocycles. The monoisotopic (exact) mass is 1520 g/mol. The van der Waals surface area contributed by atoms with Gasteiger partial charge < -0.3 is 33.8 Å². The van der Waals surface area contributed by atoms with Crippen LogP contribution in [0.3, 0.4) is 0 Å². The van der Waals surface area contributed by atoms with Gasteiger partial charge in [0.25, 0.3) is 0 Å². The molecule has 3 N–H and O–H groups in total. The first-order valence-corrected chi connectivity index (χ1v) is 46.8. The van der Waals surface area contributed by atoms with Gasteiger partial charge in [-0.15, -0.1) is 0 Å². The minimum atomic E-state index is -4.97. The van der Waals surface area contributed by atoms with Crippen LogP contribution in [0.4, 0.5) is 0 Å². The van der Waals surface area contributed by atoms with Crippen molar-refractivity contribution in [3.8, 4) is 0 Å². The number of phosphoric acid groups is 2. The minimum absolute atomic E-state index is 0.105. The van der Waals surface area contributed by atoms with Crippen molar-refractivity contribution in [2.75, 3.05) is 39.6 Å². The highest BCUT2D eigenvalue weighted by atomic mass is 31.2. The summed E-state index contributed by atoms with van der Waals surface area (Å²) < 4.78 is 68.8. The van der Waals surface area contributed by atoms with E-state index in [4.69, 9.17) is 37.0 Å². The zero-order valence-corrected chi connectivity index (χ0v) is 70.5. The number of hydrogen-bond acceptors (Lipinski definition) is 15. The Kier molecular flexibility index (Phi) is 72.5. The second kappa shape index (κ2) is 73.8. The summed E-state index contributed by atoms with van der Waals surface area (Å²) in [6, 6.07) is 0. The van der Waals surface area contributed by atoms with E-state index >= 15 is 0 Å². The lowest BCUT2D eigenvalue weighted by Gasteiger charge is -2.21. The standard InChI is InChI=1S/C85H166O17P2/c1-9-76(6)62-54-46-38-30-24-20-16-14-12-13-15-17-23-27-33-43-51-59-67-84(89)101-80(71-95-82(87)65-57-49-41-32-26-22-19-18-21-25-31-39-47-55-63-77(7)10-2)73-99-103(91,92)97-69-79(86)70-98-104(93,94)100-74-81(102-85(90)68-60-52-44-34-28-29-37-45-53-61-75(4)5)72-96-83(88)66-58-50-42-36-35-40-48-56-64-78(8)11-3/h75-81,86H,9-74H2,1-8H3,(H,91,92)(H,93,94)/t76?,77?,78?,79-,80-,81-/m1/s1. The molecule has 0 aliphatic rings. The largest absolute Gasteiger partial charge is 0.472 e. The topological polar surface area (TPSA) is 237 Å². The van der Waals surface area contributed by atoms with Crippen LogP contribution in [0.15, 0.2) is 0 Å². The summed E-state index contributed by atoms with van der Waals surface area (Å²) in [5.74, 6) is 1.12. The number of aliphatic hydroxyl groups is 1. The van der Waals surface area contributed by atoms with Gasteiger partial charge in [0.15, 0.2) is 12.2 Å². The predicted octanol–water partition coefficient (Wildman–Crippen LogP) is 25.6. The van der Waals surface area contributed by atoms with Crippen LogP contribution in [0.1, 0.15) is 441 Å². The number of phosphoric ester groups is 2. The van der Waals surface area contributed by atoms with Crippen molar-refractivity contribution < 1.29 is 80.2 Å². The number of ether oxygens (including phenoxy) is 4. The first-order valence-electron chi connectivity index (χ1n) is 43.8. The zero-order valence-electron chi connectivity index (χ0n) is 68.7. The smallest absolute Gasteiger partial charge is 0.462 e. The predicted molar refractivity (Wildman–Crippen MR) is 428 cm³/mol. The molecule has 0 saturated heterocycles. The second-order valence-corrected chi connectivity index (χ2v) is 34.7. The quantitative estimate of drug-likeness (QED) is 0.0222. The molecular weight excluding hydrogens is 1350 g/mol. The lowest BCUT2D eigenvalue weighted by molar-refractivity contribution is -0.161. The number of carbonyl (C=O) groups is 4. The molecule has 618 valence electrons. The van der Waals surface area contributed by atoms with Gasteiger partial charge in [-0.25, -0.2) is 9.13 Å². The highest BCUT2D eigenvalue weighted by Gasteiger charge is 2.31. The number of carbonyl (C=O) groups excluding carboxylic acids is 4. The number of rotatable bonds is 82. The Morgan fingerprint density at radius 2 is 0.462 bits per heavy atom. The molecule has 0 fully saturated rings. The van der Waals surface area contributed by atoms with Crippen molar-refractivity contribution in [3.63, 3.8) is 0 Å². The normalized spacial score (nSPS) is 14.7. The SMILES string of the molecule is CCC(C)CCCCCCCCCCCCCCCCCCCCC(=O)O[C@H](COC(=O)CCCCCCCCCCCCCCCCC(C)CC)COP(=O)(O)OC[C@@H](O)COP(=O)(O)OC[C@@H](COC(=O)CCCCCCCCCCC(C)CC)OC(=O)CCCCCCCCCCCC(C)C. The van der Waals surface area contributed by atoms with E-state index in [1.54, 1.807) is 0 Å². The summed E-state index contributed by atoms with van der Waals surface area (Å²) >= 11 is 0. The third kappa shape index (κ3) is 74.2. The Bertz CT molecular complexity index is 2030. The van der Waals surface area contributed by atoms with Crippen LogP contribution in [-0.4, -0.2) is 96.7 Å². The van der Waals surface area contributed by atoms with Crippen molar-refractivity contribution >= 4 is 39.5 Å². The van der Waals surface area contributed by atoms with E-state index in [2.05, 4.69) is 55.4 Å². The molecule has 0 aromatic rings. The number of hydrogen-bond donors (Lipinski definition) is 3. The summed E-state index contributed by atoms with van der Waals surface area (Å²) in [5.41, 5.74) is 0. The molecule has 0 rings (SSSR count). The van der Waals surface area contributed by atoms with E-state index in [-0.39, 0.29) is 25.7 Å². The fourth-order valence-corrected chi connectivity index (χ4v) is 14.6. The van der Waals surface area contributed by atoms with Gasteiger partial charge in [-0.3, -0.25) is 37.3 Å². The lowest BCUT2D eigenvalue weighted by atomic mass is 9.99. The van der Waals surface area contributed by atoms with E-state index < -0.39 is 97.5 Å². The third-order valence-corrected chi connectivity index (χ3v) is 22.8. The summed E-state index contributed by atoms with van der Waals surface area (Å²) in [6.45, 7) is 14.4. The molecule has 0 amide bonds. The average Bonchev–Trinajstić information content (AvgIpc) is 0.910. The van der Waals surface area contributed by atoms with Crippen LogP contribution in [-0.2, 0) is 65.4 Å². The molecule has 8 atom stereocenters. The molecule has 104 heavy (non-hydrogen) atoms. The Balaban J connectivity index is 5.24. The maximum Gasteiger partial charge on any atom is 0.472 e. The van der Waals surface area contributed by atoms with Crippen molar-refractivity contribution in [3.05, 3.63) is 0 Å². The van der Waals surface area contributed by atoms with Gasteiger partial charge in [-0.05, 0) is 49.4 Å². The van der Waals surface area contributed by atoms with Crippen LogP contribution in [0.5, 0.6) is 0 Å². The van der Waals surface area contributed by atoms with Gasteiger partial charge in [0.05, 0.1) is 26.4 Å². The molecule has 0 aliphatic carbocycles. The molecule has 19 heteroatoms. The summed E-state index contributed by atoms with van der Waals surface area (Å²) in [6.07, 6.45) is 62.4. The van der Waals surface area contributed by atoms with Gasteiger partial charge in [0.2, 0.25) is 0 Å². The molecule has 0 aliphatic heterocycles. The van der Waals surface area contributed by atoms with Crippen LogP contribution in [0, 0.1) is 23.7 Å².